The van der Waals surface area contributed by atoms with Crippen molar-refractivity contribution in [2.45, 2.75) is 47.1 Å². The lowest BCUT2D eigenvalue weighted by Crippen LogP contribution is -2.21. The summed E-state index contributed by atoms with van der Waals surface area (Å²) in [7, 11) is 0. The normalized spacial score (nSPS) is 16.0. The van der Waals surface area contributed by atoms with Gasteiger partial charge >= 0.3 is 0 Å². The van der Waals surface area contributed by atoms with E-state index in [1.54, 1.807) is 0 Å². The maximum absolute atomic E-state index is 5.42. The molecule has 5 heteroatoms. The lowest BCUT2D eigenvalue weighted by Gasteiger charge is -2.20. The highest BCUT2D eigenvalue weighted by Gasteiger charge is 2.44. The van der Waals surface area contributed by atoms with E-state index in [1.165, 1.54) is 12.8 Å². The summed E-state index contributed by atoms with van der Waals surface area (Å²) in [5.74, 6) is 3.19. The van der Waals surface area contributed by atoms with Crippen molar-refractivity contribution < 1.29 is 4.74 Å². The summed E-state index contributed by atoms with van der Waals surface area (Å²) in [5, 5.41) is 6.75. The van der Waals surface area contributed by atoms with Crippen LogP contribution in [-0.4, -0.2) is 29.7 Å². The number of ether oxygens (including phenoxy) is 1. The van der Waals surface area contributed by atoms with Crippen LogP contribution in [0.3, 0.4) is 0 Å². The number of anilines is 2. The highest BCUT2D eigenvalue weighted by Crippen LogP contribution is 2.51. The van der Waals surface area contributed by atoms with Gasteiger partial charge in [-0.1, -0.05) is 13.8 Å². The molecule has 0 saturated heterocycles. The number of aromatic nitrogens is 2. The Labute approximate surface area is 127 Å². The van der Waals surface area contributed by atoms with Gasteiger partial charge in [-0.2, -0.15) is 0 Å². The maximum Gasteiger partial charge on any atom is 0.158 e. The van der Waals surface area contributed by atoms with E-state index in [0.717, 1.165) is 30.5 Å². The van der Waals surface area contributed by atoms with Crippen molar-refractivity contribution in [3.05, 3.63) is 11.9 Å². The van der Waals surface area contributed by atoms with E-state index in [-0.39, 0.29) is 0 Å². The van der Waals surface area contributed by atoms with Crippen LogP contribution in [-0.2, 0) is 11.3 Å². The number of rotatable bonds is 9. The van der Waals surface area contributed by atoms with Crippen molar-refractivity contribution in [3.63, 3.8) is 0 Å². The Balaban J connectivity index is 2.04. The van der Waals surface area contributed by atoms with E-state index in [0.29, 0.717) is 24.5 Å². The molecule has 0 atom stereocenters. The second-order valence-electron chi connectivity index (χ2n) is 6.09. The zero-order chi connectivity index (χ0) is 15.3. The Hall–Kier alpha value is -1.36. The fraction of sp³-hybridized carbons (Fsp3) is 0.750. The molecule has 0 amide bonds. The lowest BCUT2D eigenvalue weighted by molar-refractivity contribution is 0.128. The average molecular weight is 292 g/mol. The number of hydrogen-bond donors (Lipinski definition) is 2. The van der Waals surface area contributed by atoms with Crippen molar-refractivity contribution in [1.29, 1.82) is 0 Å². The third kappa shape index (κ3) is 4.30. The van der Waals surface area contributed by atoms with Gasteiger partial charge in [0.1, 0.15) is 18.2 Å². The number of nitrogens with one attached hydrogen (secondary N) is 2. The van der Waals surface area contributed by atoms with Crippen LogP contribution in [0.1, 0.15) is 46.4 Å². The van der Waals surface area contributed by atoms with E-state index in [4.69, 9.17) is 4.74 Å². The van der Waals surface area contributed by atoms with Crippen LogP contribution >= 0.6 is 0 Å². The molecule has 0 aliphatic heterocycles. The predicted octanol–water partition coefficient (Wildman–Crippen LogP) is 3.29. The first-order valence-corrected chi connectivity index (χ1v) is 8.03. The summed E-state index contributed by atoms with van der Waals surface area (Å²) < 4.78 is 5.42. The minimum atomic E-state index is 0.458. The third-order valence-corrected chi connectivity index (χ3v) is 4.30. The summed E-state index contributed by atoms with van der Waals surface area (Å²) in [6.45, 7) is 11.6. The second-order valence-corrected chi connectivity index (χ2v) is 6.09. The van der Waals surface area contributed by atoms with Gasteiger partial charge in [0.15, 0.2) is 5.82 Å². The molecule has 1 aromatic heterocycles. The molecule has 1 fully saturated rings. The molecule has 1 heterocycles. The van der Waals surface area contributed by atoms with Gasteiger partial charge < -0.3 is 15.4 Å². The van der Waals surface area contributed by atoms with Gasteiger partial charge in [-0.15, -0.1) is 0 Å². The van der Waals surface area contributed by atoms with E-state index in [2.05, 4.69) is 41.4 Å². The molecule has 5 nitrogen and oxygen atoms in total. The first-order valence-electron chi connectivity index (χ1n) is 8.03. The minimum absolute atomic E-state index is 0.458. The molecule has 0 spiro atoms. The van der Waals surface area contributed by atoms with Crippen molar-refractivity contribution >= 4 is 11.6 Å². The summed E-state index contributed by atoms with van der Waals surface area (Å²) in [5.41, 5.74) is 0.462. The van der Waals surface area contributed by atoms with Crippen LogP contribution in [0.25, 0.3) is 0 Å². The van der Waals surface area contributed by atoms with Crippen molar-refractivity contribution in [2.24, 2.45) is 11.3 Å². The van der Waals surface area contributed by atoms with E-state index < -0.39 is 0 Å². The Morgan fingerprint density at radius 2 is 1.86 bits per heavy atom. The summed E-state index contributed by atoms with van der Waals surface area (Å²) >= 11 is 0. The maximum atomic E-state index is 5.42. The Kier molecular flexibility index (Phi) is 5.39. The van der Waals surface area contributed by atoms with Crippen molar-refractivity contribution in [2.75, 3.05) is 30.3 Å². The van der Waals surface area contributed by atoms with Crippen molar-refractivity contribution in [1.82, 2.24) is 9.97 Å². The van der Waals surface area contributed by atoms with Gasteiger partial charge in [0.25, 0.3) is 0 Å². The second kappa shape index (κ2) is 7.07. The zero-order valence-electron chi connectivity index (χ0n) is 13.7. The van der Waals surface area contributed by atoms with E-state index >= 15 is 0 Å². The molecule has 1 aromatic rings. The number of hydrogen-bond acceptors (Lipinski definition) is 5. The predicted molar refractivity (Wildman–Crippen MR) is 86.5 cm³/mol. The minimum Gasteiger partial charge on any atom is -0.374 e. The third-order valence-electron chi connectivity index (χ3n) is 4.30. The molecule has 2 N–H and O–H groups in total. The van der Waals surface area contributed by atoms with Crippen LogP contribution in [0.2, 0.25) is 0 Å². The van der Waals surface area contributed by atoms with Crippen LogP contribution in [0.4, 0.5) is 11.6 Å². The first-order chi connectivity index (χ1) is 10.1. The van der Waals surface area contributed by atoms with Gasteiger partial charge in [0.05, 0.1) is 0 Å². The van der Waals surface area contributed by atoms with Gasteiger partial charge in [-0.25, -0.2) is 9.97 Å². The van der Waals surface area contributed by atoms with Crippen LogP contribution in [0.5, 0.6) is 0 Å². The van der Waals surface area contributed by atoms with Crippen molar-refractivity contribution in [3.8, 4) is 0 Å². The molecule has 1 aliphatic rings. The van der Waals surface area contributed by atoms with Gasteiger partial charge in [0, 0.05) is 25.8 Å². The molecular weight excluding hydrogens is 264 g/mol. The highest BCUT2D eigenvalue weighted by molar-refractivity contribution is 5.47. The van der Waals surface area contributed by atoms with E-state index in [1.807, 2.05) is 13.0 Å². The fourth-order valence-electron chi connectivity index (χ4n) is 2.50. The molecular formula is C16H28N4O. The van der Waals surface area contributed by atoms with Gasteiger partial charge in [-0.05, 0) is 38.0 Å². The molecule has 118 valence electrons. The monoisotopic (exact) mass is 292 g/mol. The van der Waals surface area contributed by atoms with Gasteiger partial charge in [0.2, 0.25) is 0 Å². The lowest BCUT2D eigenvalue weighted by atomic mass is 9.92. The molecule has 0 aromatic carbocycles. The molecule has 21 heavy (non-hydrogen) atoms. The number of nitrogens with zero attached hydrogens (tertiary/aromatic N) is 2. The topological polar surface area (TPSA) is 59.1 Å². The highest BCUT2D eigenvalue weighted by atomic mass is 16.5. The standard InChI is InChI=1S/C16H28N4O/c1-5-17-13-9-14(20-15(19-13)10-21-6-2)18-11-16(7-8-16)12(3)4/h9,12H,5-8,10-11H2,1-4H3,(H2,17,18,19,20). The molecule has 1 aliphatic carbocycles. The first kappa shape index (κ1) is 16.0. The van der Waals surface area contributed by atoms with Crippen LogP contribution < -0.4 is 10.6 Å². The Bertz CT molecular complexity index is 458. The summed E-state index contributed by atoms with van der Waals surface area (Å²) in [6.07, 6.45) is 2.63. The van der Waals surface area contributed by atoms with Gasteiger partial charge in [-0.3, -0.25) is 0 Å². The van der Waals surface area contributed by atoms with E-state index in [9.17, 15) is 0 Å². The SMILES string of the molecule is CCNc1cc(NCC2(C(C)C)CC2)nc(COCC)n1. The summed E-state index contributed by atoms with van der Waals surface area (Å²) in [4.78, 5) is 9.02. The average Bonchev–Trinajstić information content (AvgIpc) is 3.24. The fourth-order valence-corrected chi connectivity index (χ4v) is 2.50. The Morgan fingerprint density at radius 1 is 1.19 bits per heavy atom. The van der Waals surface area contributed by atoms with Crippen LogP contribution in [0.15, 0.2) is 6.07 Å². The quantitative estimate of drug-likeness (QED) is 0.731. The zero-order valence-corrected chi connectivity index (χ0v) is 13.7. The smallest absolute Gasteiger partial charge is 0.158 e. The summed E-state index contributed by atoms with van der Waals surface area (Å²) in [6, 6.07) is 1.98. The molecule has 0 radical (unpaired) electrons. The molecule has 0 bridgehead atoms. The van der Waals surface area contributed by atoms with Crippen LogP contribution in [0, 0.1) is 11.3 Å². The molecule has 0 unspecified atom stereocenters. The largest absolute Gasteiger partial charge is 0.374 e. The Morgan fingerprint density at radius 3 is 2.38 bits per heavy atom. The molecule has 2 rings (SSSR count). The molecule has 1 saturated carbocycles.